The maximum atomic E-state index is 13.2. The predicted molar refractivity (Wildman–Crippen MR) is 133 cm³/mol. The van der Waals surface area contributed by atoms with Crippen LogP contribution in [-0.4, -0.2) is 36.6 Å². The van der Waals surface area contributed by atoms with Crippen molar-refractivity contribution in [1.82, 2.24) is 9.21 Å². The highest BCUT2D eigenvalue weighted by Gasteiger charge is 2.36. The molecule has 2 aliphatic rings. The Bertz CT molecular complexity index is 1250. The summed E-state index contributed by atoms with van der Waals surface area (Å²) in [6.45, 7) is 1.64. The highest BCUT2D eigenvalue weighted by Crippen LogP contribution is 2.35. The lowest BCUT2D eigenvalue weighted by Gasteiger charge is -2.27. The van der Waals surface area contributed by atoms with Gasteiger partial charge in [0.25, 0.3) is 5.91 Å². The fraction of sp³-hybridized carbons (Fsp3) is 0.296. The van der Waals surface area contributed by atoms with E-state index in [0.29, 0.717) is 30.1 Å². The van der Waals surface area contributed by atoms with Crippen LogP contribution < -0.4 is 5.32 Å². The molecule has 0 spiro atoms. The highest BCUT2D eigenvalue weighted by atomic mass is 32.2. The molecule has 3 aromatic rings. The zero-order valence-electron chi connectivity index (χ0n) is 19.1. The SMILES string of the molecule is O=C1c2ccccc2[C@H](Nc2ccc(S(=O)(=O)N3CCCCCC3)cc2)N1Cc1ccccc1. The number of hydrogen-bond acceptors (Lipinski definition) is 4. The molecule has 0 radical (unpaired) electrons. The number of carbonyl (C=O) groups excluding carboxylic acids is 1. The molecule has 6 nitrogen and oxygen atoms in total. The van der Waals surface area contributed by atoms with E-state index >= 15 is 0 Å². The van der Waals surface area contributed by atoms with E-state index in [4.69, 9.17) is 0 Å². The number of nitrogens with zero attached hydrogens (tertiary/aromatic N) is 2. The minimum Gasteiger partial charge on any atom is -0.361 e. The van der Waals surface area contributed by atoms with Crippen molar-refractivity contribution in [2.45, 2.75) is 43.3 Å². The van der Waals surface area contributed by atoms with E-state index in [9.17, 15) is 13.2 Å². The Morgan fingerprint density at radius 1 is 0.794 bits per heavy atom. The van der Waals surface area contributed by atoms with Crippen LogP contribution in [0.2, 0.25) is 0 Å². The first kappa shape index (κ1) is 22.6. The van der Waals surface area contributed by atoms with Gasteiger partial charge >= 0.3 is 0 Å². The molecule has 1 fully saturated rings. The quantitative estimate of drug-likeness (QED) is 0.544. The summed E-state index contributed by atoms with van der Waals surface area (Å²) in [6.07, 6.45) is 3.64. The third kappa shape index (κ3) is 4.45. The Balaban J connectivity index is 1.39. The van der Waals surface area contributed by atoms with Crippen LogP contribution in [0.4, 0.5) is 5.69 Å². The Morgan fingerprint density at radius 3 is 2.15 bits per heavy atom. The number of hydrogen-bond donors (Lipinski definition) is 1. The predicted octanol–water partition coefficient (Wildman–Crippen LogP) is 5.02. The molecule has 176 valence electrons. The number of amides is 1. The fourth-order valence-corrected chi connectivity index (χ4v) is 6.30. The van der Waals surface area contributed by atoms with E-state index < -0.39 is 10.0 Å². The second-order valence-corrected chi connectivity index (χ2v) is 10.8. The summed E-state index contributed by atoms with van der Waals surface area (Å²) in [5, 5.41) is 3.46. The lowest BCUT2D eigenvalue weighted by Crippen LogP contribution is -2.32. The number of benzene rings is 3. The van der Waals surface area contributed by atoms with E-state index in [1.54, 1.807) is 28.6 Å². The minimum absolute atomic E-state index is 0.0164. The molecule has 3 aromatic carbocycles. The van der Waals surface area contributed by atoms with Crippen molar-refractivity contribution in [2.24, 2.45) is 0 Å². The van der Waals surface area contributed by atoms with Gasteiger partial charge in [-0.1, -0.05) is 61.4 Å². The second kappa shape index (κ2) is 9.60. The molecule has 1 amide bonds. The van der Waals surface area contributed by atoms with Crippen LogP contribution in [0, 0.1) is 0 Å². The van der Waals surface area contributed by atoms with E-state index in [1.807, 2.05) is 59.5 Å². The maximum absolute atomic E-state index is 13.2. The third-order valence-corrected chi connectivity index (χ3v) is 8.53. The smallest absolute Gasteiger partial charge is 0.256 e. The van der Waals surface area contributed by atoms with Crippen LogP contribution in [0.5, 0.6) is 0 Å². The topological polar surface area (TPSA) is 69.7 Å². The molecule has 0 saturated carbocycles. The van der Waals surface area contributed by atoms with Crippen molar-refractivity contribution in [3.63, 3.8) is 0 Å². The Labute approximate surface area is 201 Å². The van der Waals surface area contributed by atoms with E-state index in [2.05, 4.69) is 5.32 Å². The van der Waals surface area contributed by atoms with Crippen LogP contribution in [0.3, 0.4) is 0 Å². The molecule has 2 aliphatic heterocycles. The van der Waals surface area contributed by atoms with Crippen LogP contribution in [0.1, 0.15) is 53.3 Å². The molecule has 0 unspecified atom stereocenters. The Hall–Kier alpha value is -3.16. The van der Waals surface area contributed by atoms with Crippen molar-refractivity contribution < 1.29 is 13.2 Å². The van der Waals surface area contributed by atoms with Crippen molar-refractivity contribution in [3.05, 3.63) is 95.6 Å². The first-order valence-corrected chi connectivity index (χ1v) is 13.3. The van der Waals surface area contributed by atoms with Gasteiger partial charge in [0.05, 0.1) is 4.90 Å². The fourth-order valence-electron chi connectivity index (χ4n) is 4.78. The summed E-state index contributed by atoms with van der Waals surface area (Å²) in [4.78, 5) is 15.3. The zero-order chi connectivity index (χ0) is 23.5. The number of rotatable bonds is 6. The van der Waals surface area contributed by atoms with Gasteiger partial charge in [-0.2, -0.15) is 4.31 Å². The van der Waals surface area contributed by atoms with Crippen LogP contribution in [0.15, 0.2) is 83.8 Å². The lowest BCUT2D eigenvalue weighted by molar-refractivity contribution is 0.0728. The second-order valence-electron chi connectivity index (χ2n) is 8.90. The van der Waals surface area contributed by atoms with Gasteiger partial charge in [0.1, 0.15) is 6.17 Å². The van der Waals surface area contributed by atoms with E-state index in [0.717, 1.165) is 42.5 Å². The largest absolute Gasteiger partial charge is 0.361 e. The number of sulfonamides is 1. The van der Waals surface area contributed by atoms with Crippen LogP contribution in [-0.2, 0) is 16.6 Å². The number of nitrogens with one attached hydrogen (secondary N) is 1. The molecule has 5 rings (SSSR count). The molecule has 1 atom stereocenters. The Kier molecular flexibility index (Phi) is 6.39. The van der Waals surface area contributed by atoms with Gasteiger partial charge in [0.15, 0.2) is 0 Å². The summed E-state index contributed by atoms with van der Waals surface area (Å²) in [7, 11) is -3.50. The van der Waals surface area contributed by atoms with Gasteiger partial charge in [0, 0.05) is 36.4 Å². The number of carbonyl (C=O) groups is 1. The first-order chi connectivity index (χ1) is 16.5. The van der Waals surface area contributed by atoms with Crippen molar-refractivity contribution >= 4 is 21.6 Å². The molecular weight excluding hydrogens is 446 g/mol. The van der Waals surface area contributed by atoms with Crippen LogP contribution >= 0.6 is 0 Å². The number of fused-ring (bicyclic) bond motifs is 1. The molecule has 1 saturated heterocycles. The van der Waals surface area contributed by atoms with Gasteiger partial charge in [-0.05, 0) is 48.7 Å². The lowest BCUT2D eigenvalue weighted by atomic mass is 10.1. The monoisotopic (exact) mass is 475 g/mol. The first-order valence-electron chi connectivity index (χ1n) is 11.8. The zero-order valence-corrected chi connectivity index (χ0v) is 19.9. The van der Waals surface area contributed by atoms with Gasteiger partial charge in [-0.15, -0.1) is 0 Å². The standard InChI is InChI=1S/C27H29N3O3S/c31-27-25-13-7-6-12-24(25)26(30(27)20-21-10-4-3-5-11-21)28-22-14-16-23(17-15-22)34(32,33)29-18-8-1-2-9-19-29/h3-7,10-17,26,28H,1-2,8-9,18-20H2/t26-/m1/s1. The molecule has 0 aliphatic carbocycles. The van der Waals surface area contributed by atoms with Crippen molar-refractivity contribution in [2.75, 3.05) is 18.4 Å². The molecule has 0 aromatic heterocycles. The normalized spacial score (nSPS) is 19.0. The summed E-state index contributed by atoms with van der Waals surface area (Å²) in [6, 6.07) is 24.4. The molecule has 0 bridgehead atoms. The van der Waals surface area contributed by atoms with Crippen molar-refractivity contribution in [1.29, 1.82) is 0 Å². The molecule has 34 heavy (non-hydrogen) atoms. The summed E-state index contributed by atoms with van der Waals surface area (Å²) in [5.41, 5.74) is 3.43. The average Bonchev–Trinajstić information content (AvgIpc) is 3.05. The summed E-state index contributed by atoms with van der Waals surface area (Å²) in [5.74, 6) is -0.0164. The molecule has 2 heterocycles. The minimum atomic E-state index is -3.50. The van der Waals surface area contributed by atoms with Crippen LogP contribution in [0.25, 0.3) is 0 Å². The highest BCUT2D eigenvalue weighted by molar-refractivity contribution is 7.89. The number of anilines is 1. The van der Waals surface area contributed by atoms with Gasteiger partial charge < -0.3 is 10.2 Å². The van der Waals surface area contributed by atoms with Gasteiger partial charge in [-0.3, -0.25) is 4.79 Å². The average molecular weight is 476 g/mol. The van der Waals surface area contributed by atoms with E-state index in [-0.39, 0.29) is 12.1 Å². The Morgan fingerprint density at radius 2 is 1.44 bits per heavy atom. The maximum Gasteiger partial charge on any atom is 0.256 e. The van der Waals surface area contributed by atoms with Gasteiger partial charge in [0.2, 0.25) is 10.0 Å². The molecule has 7 heteroatoms. The van der Waals surface area contributed by atoms with Crippen molar-refractivity contribution in [3.8, 4) is 0 Å². The molecule has 1 N–H and O–H groups in total. The summed E-state index contributed by atoms with van der Waals surface area (Å²) < 4.78 is 27.8. The molecular formula is C27H29N3O3S. The summed E-state index contributed by atoms with van der Waals surface area (Å²) >= 11 is 0. The third-order valence-electron chi connectivity index (χ3n) is 6.61. The van der Waals surface area contributed by atoms with Gasteiger partial charge in [-0.25, -0.2) is 8.42 Å². The van der Waals surface area contributed by atoms with E-state index in [1.165, 1.54) is 0 Å².